The van der Waals surface area contributed by atoms with Crippen molar-refractivity contribution in [2.24, 2.45) is 0 Å². The van der Waals surface area contributed by atoms with Crippen molar-refractivity contribution in [3.05, 3.63) is 129 Å². The predicted octanol–water partition coefficient (Wildman–Crippen LogP) is 6.01. The molecule has 0 rings (SSSR count). The summed E-state index contributed by atoms with van der Waals surface area (Å²) in [7, 11) is 0. The average molecular weight is 275 g/mol. The molecule has 107 valence electrons. The van der Waals surface area contributed by atoms with Crippen LogP contribution in [0.4, 0.5) is 0 Å². The Morgan fingerprint density at radius 1 is 0.333 bits per heavy atom. The van der Waals surface area contributed by atoms with Crippen molar-refractivity contribution < 1.29 is 0 Å². The summed E-state index contributed by atoms with van der Waals surface area (Å²) in [6.45, 7) is 7.19. The molecule has 0 fully saturated rings. The molecule has 0 amide bonds. The fourth-order valence-electron chi connectivity index (χ4n) is 1.12. The molecule has 0 aromatic carbocycles. The molecule has 0 atom stereocenters. The molecule has 0 spiro atoms. The molecular formula is C21H23. The summed E-state index contributed by atoms with van der Waals surface area (Å²) < 4.78 is 0. The monoisotopic (exact) mass is 275 g/mol. The van der Waals surface area contributed by atoms with Crippen LogP contribution in [0.1, 0.15) is 0 Å². The van der Waals surface area contributed by atoms with Gasteiger partial charge in [0.1, 0.15) is 0 Å². The van der Waals surface area contributed by atoms with Gasteiger partial charge < -0.3 is 0 Å². The summed E-state index contributed by atoms with van der Waals surface area (Å²) in [5.74, 6) is 0. The molecule has 0 aromatic rings. The first kappa shape index (κ1) is 18.4. The lowest BCUT2D eigenvalue weighted by Crippen LogP contribution is -1.53. The third-order valence-electron chi connectivity index (χ3n) is 2.05. The predicted molar refractivity (Wildman–Crippen MR) is 97.8 cm³/mol. The van der Waals surface area contributed by atoms with Crippen molar-refractivity contribution >= 4 is 0 Å². The molecule has 1 radical (unpaired) electrons. The highest BCUT2D eigenvalue weighted by Gasteiger charge is 1.64. The Hall–Kier alpha value is -2.60. The lowest BCUT2D eigenvalue weighted by Gasteiger charge is -1.75. The van der Waals surface area contributed by atoms with Gasteiger partial charge in [0.05, 0.1) is 0 Å². The van der Waals surface area contributed by atoms with Crippen LogP contribution in [-0.4, -0.2) is 0 Å². The van der Waals surface area contributed by atoms with Gasteiger partial charge in [-0.25, -0.2) is 0 Å². The summed E-state index contributed by atoms with van der Waals surface area (Å²) in [5, 5.41) is 0. The van der Waals surface area contributed by atoms with Gasteiger partial charge in [-0.1, -0.05) is 122 Å². The second-order valence-corrected chi connectivity index (χ2v) is 3.74. The van der Waals surface area contributed by atoms with Crippen LogP contribution in [-0.2, 0) is 0 Å². The minimum absolute atomic E-state index is 1.75. The molecule has 0 saturated heterocycles. The average Bonchev–Trinajstić information content (AvgIpc) is 2.50. The maximum absolute atomic E-state index is 3.60. The molecule has 0 heteroatoms. The number of hydrogen-bond acceptors (Lipinski definition) is 0. The Labute approximate surface area is 129 Å². The molecule has 0 nitrogen and oxygen atoms in total. The molecule has 0 unspecified atom stereocenters. The van der Waals surface area contributed by atoms with Crippen molar-refractivity contribution in [1.82, 2.24) is 0 Å². The van der Waals surface area contributed by atoms with E-state index < -0.39 is 0 Å². The van der Waals surface area contributed by atoms with Crippen LogP contribution in [0.25, 0.3) is 0 Å². The summed E-state index contributed by atoms with van der Waals surface area (Å²) in [5.41, 5.74) is 0. The van der Waals surface area contributed by atoms with Gasteiger partial charge in [-0.2, -0.15) is 0 Å². The standard InChI is InChI=1S/C21H23/c1-3-5-7-9-11-13-15-17-19-21-20-18-16-14-12-10-8-6-4-2/h3-21H,1-2H2/b5-3+,8-6+,9-7+,12-10+,13-11+,16-14+,17-15+,20-18+,21-19+. The van der Waals surface area contributed by atoms with E-state index in [1.165, 1.54) is 0 Å². The Balaban J connectivity index is 3.87. The van der Waals surface area contributed by atoms with Gasteiger partial charge in [-0.15, -0.1) is 0 Å². The van der Waals surface area contributed by atoms with E-state index in [1.54, 1.807) is 12.2 Å². The van der Waals surface area contributed by atoms with E-state index in [4.69, 9.17) is 0 Å². The Kier molecular flexibility index (Phi) is 15.2. The third kappa shape index (κ3) is 17.4. The molecule has 0 heterocycles. The summed E-state index contributed by atoms with van der Waals surface area (Å²) in [4.78, 5) is 0. The number of allylic oxidation sites excluding steroid dienone is 19. The lowest BCUT2D eigenvalue weighted by molar-refractivity contribution is 1.82. The molecule has 21 heavy (non-hydrogen) atoms. The molecule has 0 bridgehead atoms. The quantitative estimate of drug-likeness (QED) is 0.452. The SMILES string of the molecule is [CH2]/C=C/C=C/C=C/C=C/C=C/C=C/C=C/C=C/C=C/C=C. The molecule has 0 saturated carbocycles. The summed E-state index contributed by atoms with van der Waals surface area (Å²) in [6, 6.07) is 0. The zero-order valence-electron chi connectivity index (χ0n) is 12.4. The molecule has 0 aliphatic heterocycles. The van der Waals surface area contributed by atoms with Crippen LogP contribution in [0, 0.1) is 6.92 Å². The van der Waals surface area contributed by atoms with E-state index in [0.717, 1.165) is 0 Å². The van der Waals surface area contributed by atoms with Gasteiger partial charge in [0.25, 0.3) is 0 Å². The molecule has 0 aromatic heterocycles. The van der Waals surface area contributed by atoms with Crippen molar-refractivity contribution in [2.75, 3.05) is 0 Å². The third-order valence-corrected chi connectivity index (χ3v) is 2.05. The van der Waals surface area contributed by atoms with E-state index in [0.29, 0.717) is 0 Å². The zero-order valence-corrected chi connectivity index (χ0v) is 12.4. The highest BCUT2D eigenvalue weighted by Crippen LogP contribution is 1.86. The second-order valence-electron chi connectivity index (χ2n) is 3.74. The molecular weight excluding hydrogens is 252 g/mol. The van der Waals surface area contributed by atoms with Gasteiger partial charge in [0.15, 0.2) is 0 Å². The second kappa shape index (κ2) is 17.4. The first-order valence-corrected chi connectivity index (χ1v) is 6.82. The zero-order chi connectivity index (χ0) is 15.4. The molecule has 0 N–H and O–H groups in total. The highest BCUT2D eigenvalue weighted by molar-refractivity contribution is 5.22. The van der Waals surface area contributed by atoms with Crippen LogP contribution >= 0.6 is 0 Å². The van der Waals surface area contributed by atoms with Gasteiger partial charge in [-0.05, 0) is 6.92 Å². The first-order chi connectivity index (χ1) is 10.4. The first-order valence-electron chi connectivity index (χ1n) is 6.82. The molecule has 0 aliphatic rings. The Morgan fingerprint density at radius 2 is 0.571 bits per heavy atom. The highest BCUT2D eigenvalue weighted by atomic mass is 13.7. The Bertz CT molecular complexity index is 498. The van der Waals surface area contributed by atoms with Crippen molar-refractivity contribution in [1.29, 1.82) is 0 Å². The fourth-order valence-corrected chi connectivity index (χ4v) is 1.12. The molecule has 0 aliphatic carbocycles. The van der Waals surface area contributed by atoms with E-state index in [1.807, 2.05) is 103 Å². The van der Waals surface area contributed by atoms with E-state index in [-0.39, 0.29) is 0 Å². The van der Waals surface area contributed by atoms with Crippen LogP contribution < -0.4 is 0 Å². The van der Waals surface area contributed by atoms with Crippen LogP contribution in [0.5, 0.6) is 0 Å². The van der Waals surface area contributed by atoms with Crippen molar-refractivity contribution in [3.63, 3.8) is 0 Å². The van der Waals surface area contributed by atoms with Gasteiger partial charge >= 0.3 is 0 Å². The van der Waals surface area contributed by atoms with E-state index in [2.05, 4.69) is 13.5 Å². The lowest BCUT2D eigenvalue weighted by atomic mass is 10.3. The van der Waals surface area contributed by atoms with Gasteiger partial charge in [0.2, 0.25) is 0 Å². The number of hydrogen-bond donors (Lipinski definition) is 0. The van der Waals surface area contributed by atoms with Gasteiger partial charge in [-0.3, -0.25) is 0 Å². The topological polar surface area (TPSA) is 0 Å². The Morgan fingerprint density at radius 3 is 0.810 bits per heavy atom. The van der Waals surface area contributed by atoms with Crippen LogP contribution in [0.15, 0.2) is 122 Å². The fraction of sp³-hybridized carbons (Fsp3) is 0. The van der Waals surface area contributed by atoms with Gasteiger partial charge in [0, 0.05) is 0 Å². The number of rotatable bonds is 9. The van der Waals surface area contributed by atoms with Crippen LogP contribution in [0.2, 0.25) is 0 Å². The maximum Gasteiger partial charge on any atom is -0.0313 e. The minimum Gasteiger partial charge on any atom is -0.0991 e. The smallest absolute Gasteiger partial charge is 0.0313 e. The minimum atomic E-state index is 1.75. The van der Waals surface area contributed by atoms with Crippen molar-refractivity contribution in [2.45, 2.75) is 0 Å². The summed E-state index contributed by atoms with van der Waals surface area (Å²) in [6.07, 6.45) is 36.8. The summed E-state index contributed by atoms with van der Waals surface area (Å²) >= 11 is 0. The normalized spacial score (nSPS) is 14.3. The maximum atomic E-state index is 3.60. The van der Waals surface area contributed by atoms with Crippen molar-refractivity contribution in [3.8, 4) is 0 Å². The van der Waals surface area contributed by atoms with E-state index >= 15 is 0 Å². The van der Waals surface area contributed by atoms with Crippen LogP contribution in [0.3, 0.4) is 0 Å². The largest absolute Gasteiger partial charge is 0.0991 e. The van der Waals surface area contributed by atoms with E-state index in [9.17, 15) is 0 Å².